The number of hydrogen-bond acceptors (Lipinski definition) is 4. The first-order chi connectivity index (χ1) is 17.4. The van der Waals surface area contributed by atoms with Crippen molar-refractivity contribution in [2.45, 2.75) is 174 Å². The molecule has 0 radical (unpaired) electrons. The molecule has 0 aromatic carbocycles. The Balaban J connectivity index is 4.73. The van der Waals surface area contributed by atoms with E-state index in [1.165, 1.54) is 89.9 Å². The summed E-state index contributed by atoms with van der Waals surface area (Å²) >= 11 is 0. The van der Waals surface area contributed by atoms with Crippen LogP contribution in [0.4, 0.5) is 0 Å². The molecule has 0 aromatic heterocycles. The summed E-state index contributed by atoms with van der Waals surface area (Å²) in [5.74, 6) is -0.865. The molecule has 37 heavy (non-hydrogen) atoms. The summed E-state index contributed by atoms with van der Waals surface area (Å²) in [6, 6.07) is 0. The van der Waals surface area contributed by atoms with Gasteiger partial charge < -0.3 is 14.3 Å². The van der Waals surface area contributed by atoms with Crippen molar-refractivity contribution in [2.24, 2.45) is 5.92 Å². The van der Waals surface area contributed by atoms with Crippen molar-refractivity contribution in [3.63, 3.8) is 0 Å². The summed E-state index contributed by atoms with van der Waals surface area (Å²) in [5.41, 5.74) is 0. The highest BCUT2D eigenvalue weighted by molar-refractivity contribution is 6.74. The monoisotopic (exact) mass is 542 g/mol. The van der Waals surface area contributed by atoms with Crippen molar-refractivity contribution < 1.29 is 23.9 Å². The van der Waals surface area contributed by atoms with Gasteiger partial charge in [0.1, 0.15) is 0 Å². The van der Waals surface area contributed by atoms with Gasteiger partial charge in [-0.05, 0) is 36.9 Å². The maximum atomic E-state index is 12.7. The Kier molecular flexibility index (Phi) is 20.5. The topological polar surface area (TPSA) is 72.8 Å². The van der Waals surface area contributed by atoms with Gasteiger partial charge in [0.2, 0.25) is 0 Å². The van der Waals surface area contributed by atoms with Gasteiger partial charge in [0.05, 0.1) is 25.6 Å². The van der Waals surface area contributed by atoms with Gasteiger partial charge in [0.25, 0.3) is 0 Å². The maximum Gasteiger partial charge on any atom is 0.308 e. The van der Waals surface area contributed by atoms with Crippen molar-refractivity contribution in [3.05, 3.63) is 0 Å². The Labute approximate surface area is 231 Å². The summed E-state index contributed by atoms with van der Waals surface area (Å²) in [6.07, 6.45) is 19.5. The quantitative estimate of drug-likeness (QED) is 0.0746. The van der Waals surface area contributed by atoms with Crippen LogP contribution in [0, 0.1) is 5.92 Å². The number of rotatable bonds is 24. The first-order valence-electron chi connectivity index (χ1n) is 15.5. The average Bonchev–Trinajstić information content (AvgIpc) is 2.79. The van der Waals surface area contributed by atoms with Crippen LogP contribution in [0.3, 0.4) is 0 Å². The number of ether oxygens (including phenoxy) is 1. The number of carboxylic acids is 1. The van der Waals surface area contributed by atoms with Crippen LogP contribution in [-0.4, -0.2) is 38.1 Å². The maximum absolute atomic E-state index is 12.7. The van der Waals surface area contributed by atoms with Crippen molar-refractivity contribution in [1.29, 1.82) is 0 Å². The number of hydrogen-bond donors (Lipinski definition) is 1. The van der Waals surface area contributed by atoms with Gasteiger partial charge in [-0.1, -0.05) is 125 Å². The zero-order valence-electron chi connectivity index (χ0n) is 25.7. The number of carbonyl (C=O) groups is 2. The molecule has 0 aliphatic carbocycles. The molecular weight excluding hydrogens is 480 g/mol. The van der Waals surface area contributed by atoms with Gasteiger partial charge in [-0.3, -0.25) is 9.59 Å². The molecule has 220 valence electrons. The van der Waals surface area contributed by atoms with E-state index in [1.807, 2.05) is 0 Å². The molecule has 6 heteroatoms. The lowest BCUT2D eigenvalue weighted by molar-refractivity contribution is -0.148. The van der Waals surface area contributed by atoms with Crippen molar-refractivity contribution >= 4 is 20.3 Å². The highest BCUT2D eigenvalue weighted by atomic mass is 28.4. The minimum absolute atomic E-state index is 0.0142. The Bertz CT molecular complexity index is 585. The normalized spacial score (nSPS) is 13.9. The molecule has 0 aliphatic heterocycles. The van der Waals surface area contributed by atoms with Crippen LogP contribution in [0.2, 0.25) is 18.1 Å². The molecule has 0 spiro atoms. The molecule has 0 heterocycles. The fourth-order valence-electron chi connectivity index (χ4n) is 4.49. The van der Waals surface area contributed by atoms with Gasteiger partial charge >= 0.3 is 11.9 Å². The molecule has 0 saturated heterocycles. The van der Waals surface area contributed by atoms with Gasteiger partial charge in [0, 0.05) is 0 Å². The highest BCUT2D eigenvalue weighted by Crippen LogP contribution is 2.38. The van der Waals surface area contributed by atoms with E-state index in [2.05, 4.69) is 47.7 Å². The predicted molar refractivity (Wildman–Crippen MR) is 159 cm³/mol. The second-order valence-corrected chi connectivity index (χ2v) is 17.4. The second-order valence-electron chi connectivity index (χ2n) is 12.7. The minimum Gasteiger partial charge on any atom is -0.481 e. The van der Waals surface area contributed by atoms with Crippen molar-refractivity contribution in [3.8, 4) is 0 Å². The molecule has 0 saturated carbocycles. The van der Waals surface area contributed by atoms with E-state index in [0.717, 1.165) is 12.8 Å². The number of carboxylic acid groups (broad SMARTS) is 1. The van der Waals surface area contributed by atoms with Crippen LogP contribution >= 0.6 is 0 Å². The Morgan fingerprint density at radius 3 is 1.57 bits per heavy atom. The molecule has 5 nitrogen and oxygen atoms in total. The highest BCUT2D eigenvalue weighted by Gasteiger charge is 2.40. The van der Waals surface area contributed by atoms with E-state index in [0.29, 0.717) is 12.5 Å². The smallest absolute Gasteiger partial charge is 0.308 e. The number of unbranched alkanes of at least 4 members (excludes halogenated alkanes) is 12. The first kappa shape index (κ1) is 36.1. The molecule has 0 rings (SSSR count). The third-order valence-electron chi connectivity index (χ3n) is 7.98. The van der Waals surface area contributed by atoms with Gasteiger partial charge in [-0.15, -0.1) is 0 Å². The Hall–Kier alpha value is -0.883. The summed E-state index contributed by atoms with van der Waals surface area (Å²) in [6.45, 7) is 15.5. The third kappa shape index (κ3) is 19.8. The summed E-state index contributed by atoms with van der Waals surface area (Å²) < 4.78 is 12.0. The second kappa shape index (κ2) is 21.0. The van der Waals surface area contributed by atoms with Crippen LogP contribution in [0.15, 0.2) is 0 Å². The van der Waals surface area contributed by atoms with E-state index in [4.69, 9.17) is 9.16 Å². The number of aliphatic carboxylic acids is 1. The molecule has 2 unspecified atom stereocenters. The lowest BCUT2D eigenvalue weighted by Gasteiger charge is -2.38. The summed E-state index contributed by atoms with van der Waals surface area (Å²) in [5, 5.41) is 9.32. The van der Waals surface area contributed by atoms with Crippen LogP contribution < -0.4 is 0 Å². The molecule has 0 aliphatic rings. The molecule has 2 atom stereocenters. The van der Waals surface area contributed by atoms with Crippen LogP contribution in [-0.2, 0) is 18.8 Å². The fourth-order valence-corrected chi connectivity index (χ4v) is 5.84. The van der Waals surface area contributed by atoms with E-state index >= 15 is 0 Å². The van der Waals surface area contributed by atoms with Crippen LogP contribution in [0.25, 0.3) is 0 Å². The lowest BCUT2D eigenvalue weighted by Crippen LogP contribution is -2.45. The number of esters is 1. The largest absolute Gasteiger partial charge is 0.481 e. The Morgan fingerprint density at radius 1 is 0.730 bits per heavy atom. The predicted octanol–water partition coefficient (Wildman–Crippen LogP) is 9.68. The van der Waals surface area contributed by atoms with Gasteiger partial charge in [0.15, 0.2) is 8.32 Å². The lowest BCUT2D eigenvalue weighted by atomic mass is 9.94. The van der Waals surface area contributed by atoms with Crippen LogP contribution in [0.1, 0.15) is 150 Å². The molecule has 0 bridgehead atoms. The number of carbonyl (C=O) groups excluding carboxylic acids is 1. The molecular formula is C31H62O5Si. The standard InChI is InChI=1S/C31H62O5Si/c1-8-10-12-14-16-17-19-21-23-27(22-20-18-15-13-11-9-2)26-35-30(34)25-28(24-29(32)33)36-37(6,7)31(3,4)5/h27-28H,8-26H2,1-7H3,(H,32,33). The van der Waals surface area contributed by atoms with E-state index < -0.39 is 20.4 Å². The molecule has 0 aromatic rings. The summed E-state index contributed by atoms with van der Waals surface area (Å²) in [4.78, 5) is 24.2. The molecule has 0 amide bonds. The van der Waals surface area contributed by atoms with Crippen LogP contribution in [0.5, 0.6) is 0 Å². The summed E-state index contributed by atoms with van der Waals surface area (Å²) in [7, 11) is -2.19. The SMILES string of the molecule is CCCCCCCCCCC(CCCCCCCC)COC(=O)CC(CC(=O)O)O[Si](C)(C)C(C)(C)C. The van der Waals surface area contributed by atoms with Crippen molar-refractivity contribution in [1.82, 2.24) is 0 Å². The zero-order valence-corrected chi connectivity index (χ0v) is 26.7. The average molecular weight is 543 g/mol. The zero-order chi connectivity index (χ0) is 28.2. The fraction of sp³-hybridized carbons (Fsp3) is 0.935. The minimum atomic E-state index is -2.19. The molecule has 0 fully saturated rings. The molecule has 1 N–H and O–H groups in total. The van der Waals surface area contributed by atoms with Gasteiger partial charge in [-0.25, -0.2) is 0 Å². The van der Waals surface area contributed by atoms with Crippen molar-refractivity contribution in [2.75, 3.05) is 6.61 Å². The van der Waals surface area contributed by atoms with E-state index in [9.17, 15) is 14.7 Å². The Morgan fingerprint density at radius 2 is 1.16 bits per heavy atom. The van der Waals surface area contributed by atoms with E-state index in [1.54, 1.807) is 0 Å². The van der Waals surface area contributed by atoms with E-state index in [-0.39, 0.29) is 23.8 Å². The third-order valence-corrected chi connectivity index (χ3v) is 12.5. The van der Waals surface area contributed by atoms with Gasteiger partial charge in [-0.2, -0.15) is 0 Å². The first-order valence-corrected chi connectivity index (χ1v) is 18.4.